The van der Waals surface area contributed by atoms with Crippen LogP contribution in [0.2, 0.25) is 0 Å². The number of nitrogens with one attached hydrogen (secondary N) is 1. The molecule has 1 heterocycles. The van der Waals surface area contributed by atoms with E-state index >= 15 is 0 Å². The highest BCUT2D eigenvalue weighted by Crippen LogP contribution is 2.23. The number of hydrogen-bond acceptors (Lipinski definition) is 3. The lowest BCUT2D eigenvalue weighted by molar-refractivity contribution is 0.161. The van der Waals surface area contributed by atoms with Crippen LogP contribution in [0.15, 0.2) is 16.5 Å². The molecule has 19 heavy (non-hydrogen) atoms. The van der Waals surface area contributed by atoms with E-state index in [0.29, 0.717) is 12.6 Å². The van der Waals surface area contributed by atoms with Gasteiger partial charge >= 0.3 is 0 Å². The molecule has 1 aromatic heterocycles. The topological polar surface area (TPSA) is 34.4 Å². The van der Waals surface area contributed by atoms with Crippen LogP contribution in [0.1, 0.15) is 69.9 Å². The molecule has 0 saturated carbocycles. The maximum atomic E-state index is 5.85. The van der Waals surface area contributed by atoms with Crippen molar-refractivity contribution < 1.29 is 9.15 Å². The van der Waals surface area contributed by atoms with E-state index in [9.17, 15) is 0 Å². The van der Waals surface area contributed by atoms with E-state index in [1.54, 1.807) is 7.11 Å². The van der Waals surface area contributed by atoms with Gasteiger partial charge in [0.15, 0.2) is 0 Å². The first-order valence-electron chi connectivity index (χ1n) is 7.62. The largest absolute Gasteiger partial charge is 0.462 e. The quantitative estimate of drug-likeness (QED) is 0.602. The highest BCUT2D eigenvalue weighted by molar-refractivity contribution is 5.10. The molecule has 0 aromatic carbocycles. The normalized spacial score (nSPS) is 12.8. The molecule has 3 heteroatoms. The molecular weight excluding hydrogens is 238 g/mol. The molecule has 1 rings (SSSR count). The fraction of sp³-hybridized carbons (Fsp3) is 0.750. The van der Waals surface area contributed by atoms with Crippen LogP contribution >= 0.6 is 0 Å². The first-order chi connectivity index (χ1) is 9.31. The Morgan fingerprint density at radius 3 is 2.68 bits per heavy atom. The van der Waals surface area contributed by atoms with Crippen LogP contribution in [0.5, 0.6) is 0 Å². The summed E-state index contributed by atoms with van der Waals surface area (Å²) in [6.45, 7) is 6.03. The van der Waals surface area contributed by atoms with Gasteiger partial charge < -0.3 is 14.5 Å². The molecular formula is C16H29NO2. The van der Waals surface area contributed by atoms with E-state index in [1.165, 1.54) is 25.7 Å². The van der Waals surface area contributed by atoms with Gasteiger partial charge in [-0.2, -0.15) is 0 Å². The Balaban J connectivity index is 2.50. The molecule has 1 unspecified atom stereocenters. The molecule has 1 N–H and O–H groups in total. The van der Waals surface area contributed by atoms with E-state index in [2.05, 4.69) is 25.2 Å². The SMILES string of the molecule is CCCCCCC(NCCC)c1ccc(COC)o1. The van der Waals surface area contributed by atoms with Crippen molar-refractivity contribution in [3.63, 3.8) is 0 Å². The average Bonchev–Trinajstić information content (AvgIpc) is 2.87. The third kappa shape index (κ3) is 6.26. The van der Waals surface area contributed by atoms with Gasteiger partial charge in [0.2, 0.25) is 0 Å². The van der Waals surface area contributed by atoms with Crippen molar-refractivity contribution in [1.29, 1.82) is 0 Å². The molecule has 0 aliphatic carbocycles. The van der Waals surface area contributed by atoms with Crippen LogP contribution < -0.4 is 5.32 Å². The summed E-state index contributed by atoms with van der Waals surface area (Å²) in [5.74, 6) is 1.96. The molecule has 0 spiro atoms. The average molecular weight is 267 g/mol. The van der Waals surface area contributed by atoms with Crippen LogP contribution in [0.4, 0.5) is 0 Å². The second-order valence-corrected chi connectivity index (χ2v) is 5.09. The van der Waals surface area contributed by atoms with Gasteiger partial charge in [0.05, 0.1) is 6.04 Å². The molecule has 3 nitrogen and oxygen atoms in total. The van der Waals surface area contributed by atoms with E-state index < -0.39 is 0 Å². The van der Waals surface area contributed by atoms with Gasteiger partial charge in [-0.05, 0) is 31.5 Å². The summed E-state index contributed by atoms with van der Waals surface area (Å²) < 4.78 is 11.0. The Bertz CT molecular complexity index is 322. The Kier molecular flexibility index (Phi) is 8.59. The van der Waals surface area contributed by atoms with E-state index in [0.717, 1.165) is 30.9 Å². The van der Waals surface area contributed by atoms with Gasteiger partial charge in [-0.25, -0.2) is 0 Å². The van der Waals surface area contributed by atoms with Gasteiger partial charge in [0, 0.05) is 7.11 Å². The van der Waals surface area contributed by atoms with Crippen molar-refractivity contribution in [3.8, 4) is 0 Å². The molecule has 0 radical (unpaired) electrons. The van der Waals surface area contributed by atoms with Crippen molar-refractivity contribution in [2.75, 3.05) is 13.7 Å². The third-order valence-corrected chi connectivity index (χ3v) is 3.30. The number of rotatable bonds is 11. The van der Waals surface area contributed by atoms with Crippen LogP contribution in [0.3, 0.4) is 0 Å². The highest BCUT2D eigenvalue weighted by Gasteiger charge is 2.14. The van der Waals surface area contributed by atoms with Gasteiger partial charge in [-0.1, -0.05) is 39.5 Å². The zero-order valence-corrected chi connectivity index (χ0v) is 12.7. The first-order valence-corrected chi connectivity index (χ1v) is 7.62. The Labute approximate surface area is 117 Å². The maximum absolute atomic E-state index is 5.85. The zero-order valence-electron chi connectivity index (χ0n) is 12.7. The van der Waals surface area contributed by atoms with Crippen molar-refractivity contribution in [2.45, 2.75) is 65.0 Å². The van der Waals surface area contributed by atoms with Gasteiger partial charge in [0.1, 0.15) is 18.1 Å². The van der Waals surface area contributed by atoms with Crippen molar-refractivity contribution >= 4 is 0 Å². The van der Waals surface area contributed by atoms with Crippen molar-refractivity contribution in [1.82, 2.24) is 5.32 Å². The molecule has 0 fully saturated rings. The minimum atomic E-state index is 0.349. The number of hydrogen-bond donors (Lipinski definition) is 1. The summed E-state index contributed by atoms with van der Waals surface area (Å²) >= 11 is 0. The minimum Gasteiger partial charge on any atom is -0.462 e. The number of unbranched alkanes of at least 4 members (excludes halogenated alkanes) is 3. The molecule has 1 aromatic rings. The fourth-order valence-electron chi connectivity index (χ4n) is 2.24. The Morgan fingerprint density at radius 1 is 1.16 bits per heavy atom. The van der Waals surface area contributed by atoms with Crippen LogP contribution in [0.25, 0.3) is 0 Å². The second kappa shape index (κ2) is 10.0. The van der Waals surface area contributed by atoms with Gasteiger partial charge in [-0.15, -0.1) is 0 Å². The highest BCUT2D eigenvalue weighted by atomic mass is 16.5. The third-order valence-electron chi connectivity index (χ3n) is 3.30. The summed E-state index contributed by atoms with van der Waals surface area (Å²) in [7, 11) is 1.69. The number of methoxy groups -OCH3 is 1. The number of ether oxygens (including phenoxy) is 1. The summed E-state index contributed by atoms with van der Waals surface area (Å²) in [5.41, 5.74) is 0. The number of furan rings is 1. The summed E-state index contributed by atoms with van der Waals surface area (Å²) in [4.78, 5) is 0. The van der Waals surface area contributed by atoms with Gasteiger partial charge in [0.25, 0.3) is 0 Å². The predicted molar refractivity (Wildman–Crippen MR) is 79.2 cm³/mol. The van der Waals surface area contributed by atoms with E-state index in [-0.39, 0.29) is 0 Å². The lowest BCUT2D eigenvalue weighted by Crippen LogP contribution is -2.21. The zero-order chi connectivity index (χ0) is 13.9. The lowest BCUT2D eigenvalue weighted by atomic mass is 10.1. The van der Waals surface area contributed by atoms with E-state index in [4.69, 9.17) is 9.15 Å². The van der Waals surface area contributed by atoms with Crippen molar-refractivity contribution in [2.24, 2.45) is 0 Å². The van der Waals surface area contributed by atoms with Crippen LogP contribution in [0, 0.1) is 0 Å². The lowest BCUT2D eigenvalue weighted by Gasteiger charge is -2.16. The molecule has 1 atom stereocenters. The Hall–Kier alpha value is -0.800. The van der Waals surface area contributed by atoms with E-state index in [1.807, 2.05) is 6.07 Å². The fourth-order valence-corrected chi connectivity index (χ4v) is 2.24. The molecule has 0 aliphatic heterocycles. The monoisotopic (exact) mass is 267 g/mol. The Morgan fingerprint density at radius 2 is 2.00 bits per heavy atom. The van der Waals surface area contributed by atoms with Crippen molar-refractivity contribution in [3.05, 3.63) is 23.7 Å². The summed E-state index contributed by atoms with van der Waals surface area (Å²) in [5, 5.41) is 3.58. The molecule has 0 saturated heterocycles. The standard InChI is InChI=1S/C16H29NO2/c1-4-6-7-8-9-15(17-12-5-2)16-11-10-14(19-16)13-18-3/h10-11,15,17H,4-9,12-13H2,1-3H3. The summed E-state index contributed by atoms with van der Waals surface area (Å²) in [6, 6.07) is 4.45. The predicted octanol–water partition coefficient (Wildman–Crippen LogP) is 4.44. The summed E-state index contributed by atoms with van der Waals surface area (Å²) in [6.07, 6.45) is 7.48. The molecule has 110 valence electrons. The van der Waals surface area contributed by atoms with Crippen LogP contribution in [-0.2, 0) is 11.3 Å². The second-order valence-electron chi connectivity index (χ2n) is 5.09. The molecule has 0 amide bonds. The smallest absolute Gasteiger partial charge is 0.129 e. The maximum Gasteiger partial charge on any atom is 0.129 e. The minimum absolute atomic E-state index is 0.349. The van der Waals surface area contributed by atoms with Crippen LogP contribution in [-0.4, -0.2) is 13.7 Å². The van der Waals surface area contributed by atoms with Gasteiger partial charge in [-0.3, -0.25) is 0 Å². The first kappa shape index (κ1) is 16.3. The molecule has 0 bridgehead atoms. The molecule has 0 aliphatic rings.